The molecular weight excluding hydrogens is 412 g/mol. The van der Waals surface area contributed by atoms with Crippen LogP contribution in [0.5, 0.6) is 0 Å². The van der Waals surface area contributed by atoms with Crippen molar-refractivity contribution in [3.63, 3.8) is 0 Å². The van der Waals surface area contributed by atoms with Gasteiger partial charge in [-0.3, -0.25) is 4.68 Å². The van der Waals surface area contributed by atoms with Crippen molar-refractivity contribution < 1.29 is 4.79 Å². The van der Waals surface area contributed by atoms with Crippen molar-refractivity contribution in [2.45, 2.75) is 32.7 Å². The van der Waals surface area contributed by atoms with E-state index in [2.05, 4.69) is 36.5 Å². The van der Waals surface area contributed by atoms with Crippen molar-refractivity contribution in [2.24, 2.45) is 7.05 Å². The van der Waals surface area contributed by atoms with Crippen molar-refractivity contribution in [2.75, 3.05) is 5.32 Å². The number of aryl methyl sites for hydroxylation is 1. The molecule has 4 rings (SSSR count). The van der Waals surface area contributed by atoms with Crippen molar-refractivity contribution in [3.05, 3.63) is 71.1 Å². The maximum atomic E-state index is 12.5. The first-order valence-corrected chi connectivity index (χ1v) is 10.4. The van der Waals surface area contributed by atoms with Gasteiger partial charge in [0.2, 0.25) is 0 Å². The van der Waals surface area contributed by atoms with E-state index in [9.17, 15) is 4.79 Å². The maximum Gasteiger partial charge on any atom is 0.319 e. The van der Waals surface area contributed by atoms with Gasteiger partial charge in [0, 0.05) is 28.6 Å². The number of carbonyl (C=O) groups is 1. The molecule has 0 aliphatic rings. The van der Waals surface area contributed by atoms with E-state index < -0.39 is 0 Å². The summed E-state index contributed by atoms with van der Waals surface area (Å²) in [6.07, 6.45) is 1.77. The number of nitrogens with zero attached hydrogens (tertiary/aromatic N) is 4. The summed E-state index contributed by atoms with van der Waals surface area (Å²) < 4.78 is 3.62. The summed E-state index contributed by atoms with van der Waals surface area (Å²) in [6.45, 7) is 6.64. The fourth-order valence-corrected chi connectivity index (χ4v) is 3.52. The Bertz CT molecular complexity index is 1250. The average Bonchev–Trinajstić information content (AvgIpc) is 3.30. The standard InChI is InChI=1S/C23H25ClN6O/c1-23(2,3)21-12-19(30(28-21)18-7-5-6-16(24)11-18)14-25-22(31)27-17-8-9-20-15(10-17)13-26-29(20)4/h5-13H,14H2,1-4H3,(H2,25,27,31). The number of carbonyl (C=O) groups excluding carboxylic acids is 1. The van der Waals surface area contributed by atoms with Gasteiger partial charge in [0.25, 0.3) is 0 Å². The number of urea groups is 1. The quantitative estimate of drug-likeness (QED) is 0.471. The SMILES string of the molecule is Cn1ncc2cc(NC(=O)NCc3cc(C(C)(C)C)nn3-c3cccc(Cl)c3)ccc21. The molecule has 0 bridgehead atoms. The summed E-state index contributed by atoms with van der Waals surface area (Å²) in [6, 6.07) is 14.9. The van der Waals surface area contributed by atoms with E-state index in [0.29, 0.717) is 17.3 Å². The van der Waals surface area contributed by atoms with Crippen molar-refractivity contribution >= 4 is 34.2 Å². The summed E-state index contributed by atoms with van der Waals surface area (Å²) in [5.41, 5.74) is 4.24. The molecule has 0 saturated heterocycles. The zero-order valence-electron chi connectivity index (χ0n) is 18.0. The van der Waals surface area contributed by atoms with Crippen LogP contribution in [0.15, 0.2) is 54.7 Å². The van der Waals surface area contributed by atoms with Gasteiger partial charge in [-0.15, -0.1) is 0 Å². The number of fused-ring (bicyclic) bond motifs is 1. The Morgan fingerprint density at radius 2 is 1.94 bits per heavy atom. The number of hydrogen-bond donors (Lipinski definition) is 2. The van der Waals surface area contributed by atoms with E-state index in [-0.39, 0.29) is 11.4 Å². The minimum Gasteiger partial charge on any atom is -0.332 e. The second-order valence-electron chi connectivity index (χ2n) is 8.51. The molecule has 8 heteroatoms. The van der Waals surface area contributed by atoms with E-state index in [0.717, 1.165) is 28.0 Å². The maximum absolute atomic E-state index is 12.5. The van der Waals surface area contributed by atoms with Gasteiger partial charge in [0.15, 0.2) is 0 Å². The molecule has 0 aliphatic heterocycles. The van der Waals surface area contributed by atoms with Crippen molar-refractivity contribution in [1.29, 1.82) is 0 Å². The number of amides is 2. The van der Waals surface area contributed by atoms with E-state index in [1.165, 1.54) is 0 Å². The predicted octanol–water partition coefficient (Wildman–Crippen LogP) is 5.03. The third-order valence-electron chi connectivity index (χ3n) is 5.04. The topological polar surface area (TPSA) is 76.8 Å². The molecular formula is C23H25ClN6O. The average molecular weight is 437 g/mol. The molecule has 2 N–H and O–H groups in total. The molecule has 0 unspecified atom stereocenters. The lowest BCUT2D eigenvalue weighted by Gasteiger charge is -2.14. The number of hydrogen-bond acceptors (Lipinski definition) is 3. The molecule has 2 aromatic heterocycles. The normalized spacial score (nSPS) is 11.6. The number of anilines is 1. The Hall–Kier alpha value is -3.32. The van der Waals surface area contributed by atoms with E-state index in [1.807, 2.05) is 60.3 Å². The number of rotatable bonds is 4. The Kier molecular flexibility index (Phi) is 5.45. The van der Waals surface area contributed by atoms with E-state index >= 15 is 0 Å². The number of nitrogens with one attached hydrogen (secondary N) is 2. The Morgan fingerprint density at radius 3 is 2.68 bits per heavy atom. The molecule has 0 atom stereocenters. The van der Waals surface area contributed by atoms with Gasteiger partial charge in [-0.05, 0) is 42.5 Å². The summed E-state index contributed by atoms with van der Waals surface area (Å²) in [4.78, 5) is 12.5. The van der Waals surface area contributed by atoms with Gasteiger partial charge in [-0.1, -0.05) is 38.4 Å². The molecule has 160 valence electrons. The first kappa shape index (κ1) is 20.9. The minimum atomic E-state index is -0.292. The Morgan fingerprint density at radius 1 is 1.13 bits per heavy atom. The number of benzene rings is 2. The van der Waals surface area contributed by atoms with Crippen LogP contribution >= 0.6 is 11.6 Å². The molecule has 31 heavy (non-hydrogen) atoms. The highest BCUT2D eigenvalue weighted by Gasteiger charge is 2.21. The first-order chi connectivity index (χ1) is 14.7. The molecule has 4 aromatic rings. The van der Waals surface area contributed by atoms with Gasteiger partial charge >= 0.3 is 6.03 Å². The van der Waals surface area contributed by atoms with Gasteiger partial charge < -0.3 is 10.6 Å². The fourth-order valence-electron chi connectivity index (χ4n) is 3.33. The second-order valence-corrected chi connectivity index (χ2v) is 8.95. The number of aromatic nitrogens is 4. The van der Waals surface area contributed by atoms with Gasteiger partial charge in [-0.25, -0.2) is 9.48 Å². The van der Waals surface area contributed by atoms with E-state index in [4.69, 9.17) is 16.7 Å². The molecule has 0 saturated carbocycles. The van der Waals surface area contributed by atoms with Crippen LogP contribution in [0.2, 0.25) is 5.02 Å². The monoisotopic (exact) mass is 436 g/mol. The van der Waals surface area contributed by atoms with E-state index in [1.54, 1.807) is 10.9 Å². The lowest BCUT2D eigenvalue weighted by atomic mass is 9.92. The second kappa shape index (κ2) is 8.07. The first-order valence-electron chi connectivity index (χ1n) is 10.0. The van der Waals surface area contributed by atoms with Crippen LogP contribution in [-0.4, -0.2) is 25.6 Å². The molecule has 0 spiro atoms. The highest BCUT2D eigenvalue weighted by molar-refractivity contribution is 6.30. The van der Waals surface area contributed by atoms with Crippen LogP contribution in [0.4, 0.5) is 10.5 Å². The van der Waals surface area contributed by atoms with Gasteiger partial charge in [-0.2, -0.15) is 10.2 Å². The lowest BCUT2D eigenvalue weighted by Crippen LogP contribution is -2.29. The van der Waals surface area contributed by atoms with Crippen molar-refractivity contribution in [1.82, 2.24) is 24.9 Å². The molecule has 7 nitrogen and oxygen atoms in total. The van der Waals surface area contributed by atoms with Crippen LogP contribution in [0.3, 0.4) is 0 Å². The number of halogens is 1. The molecule has 0 radical (unpaired) electrons. The molecule has 2 heterocycles. The third kappa shape index (κ3) is 4.56. The zero-order chi connectivity index (χ0) is 22.2. The Labute approximate surface area is 186 Å². The Balaban J connectivity index is 1.52. The predicted molar refractivity (Wildman–Crippen MR) is 124 cm³/mol. The fraction of sp³-hybridized carbons (Fsp3) is 0.261. The largest absolute Gasteiger partial charge is 0.332 e. The smallest absolute Gasteiger partial charge is 0.319 e. The molecule has 2 aromatic carbocycles. The minimum absolute atomic E-state index is 0.125. The zero-order valence-corrected chi connectivity index (χ0v) is 18.7. The summed E-state index contributed by atoms with van der Waals surface area (Å²) in [5, 5.41) is 16.4. The molecule has 0 fully saturated rings. The van der Waals surface area contributed by atoms with Crippen molar-refractivity contribution in [3.8, 4) is 5.69 Å². The summed E-state index contributed by atoms with van der Waals surface area (Å²) in [7, 11) is 1.89. The van der Waals surface area contributed by atoms with Crippen LogP contribution in [0.25, 0.3) is 16.6 Å². The van der Waals surface area contributed by atoms with Gasteiger partial charge in [0.1, 0.15) is 0 Å². The van der Waals surface area contributed by atoms with Crippen LogP contribution in [-0.2, 0) is 19.0 Å². The lowest BCUT2D eigenvalue weighted by molar-refractivity contribution is 0.251. The van der Waals surface area contributed by atoms with Gasteiger partial charge in [0.05, 0.1) is 35.3 Å². The molecule has 2 amide bonds. The van der Waals surface area contributed by atoms with Crippen LogP contribution in [0, 0.1) is 0 Å². The summed E-state index contributed by atoms with van der Waals surface area (Å²) in [5.74, 6) is 0. The summed E-state index contributed by atoms with van der Waals surface area (Å²) >= 11 is 6.18. The highest BCUT2D eigenvalue weighted by atomic mass is 35.5. The molecule has 0 aliphatic carbocycles. The highest BCUT2D eigenvalue weighted by Crippen LogP contribution is 2.25. The van der Waals surface area contributed by atoms with Crippen LogP contribution < -0.4 is 10.6 Å². The van der Waals surface area contributed by atoms with Crippen LogP contribution in [0.1, 0.15) is 32.2 Å². The third-order valence-corrected chi connectivity index (χ3v) is 5.27.